The quantitative estimate of drug-likeness (QED) is 0.472. The zero-order valence-corrected chi connectivity index (χ0v) is 20.4. The molecular weight excluding hydrogens is 448 g/mol. The van der Waals surface area contributed by atoms with Crippen molar-refractivity contribution in [2.45, 2.75) is 0 Å². The molecule has 0 aliphatic carbocycles. The first-order valence-corrected chi connectivity index (χ1v) is 12.0. The molecule has 35 heavy (non-hydrogen) atoms. The largest absolute Gasteiger partial charge is 0.493 e. The number of anilines is 1. The van der Waals surface area contributed by atoms with Gasteiger partial charge >= 0.3 is 0 Å². The van der Waals surface area contributed by atoms with Crippen LogP contribution >= 0.6 is 0 Å². The first kappa shape index (κ1) is 23.6. The average molecular weight is 482 g/mol. The number of hydrogen-bond acceptors (Lipinski definition) is 10. The molecule has 3 aromatic rings. The molecule has 3 N–H and O–H groups in total. The van der Waals surface area contributed by atoms with Crippen LogP contribution in [0.2, 0.25) is 0 Å². The number of nitrogens with one attached hydrogen (secondary N) is 1. The first-order chi connectivity index (χ1) is 17.1. The molecule has 0 saturated carbocycles. The number of nitrogens with two attached hydrogens (primary N) is 1. The van der Waals surface area contributed by atoms with E-state index in [4.69, 9.17) is 29.9 Å². The van der Waals surface area contributed by atoms with E-state index in [1.807, 2.05) is 18.2 Å². The molecular formula is C24H33N8O3+. The number of hydrogen-bond donors (Lipinski definition) is 2. The fraction of sp³-hybridized carbons (Fsp3) is 0.500. The molecule has 0 amide bonds. The maximum Gasteiger partial charge on any atom is 0.261 e. The number of rotatable bonds is 7. The van der Waals surface area contributed by atoms with Gasteiger partial charge in [0.15, 0.2) is 22.7 Å². The highest BCUT2D eigenvalue weighted by molar-refractivity contribution is 5.85. The normalized spacial score (nSPS) is 18.5. The Hall–Kier alpha value is -3.12. The summed E-state index contributed by atoms with van der Waals surface area (Å²) >= 11 is 0. The van der Waals surface area contributed by atoms with Crippen LogP contribution in [0.25, 0.3) is 22.4 Å². The number of piperazine rings is 1. The van der Waals surface area contributed by atoms with Gasteiger partial charge in [0, 0.05) is 38.3 Å². The number of methoxy groups -OCH3 is 2. The number of aromatic nitrogens is 4. The molecule has 186 valence electrons. The summed E-state index contributed by atoms with van der Waals surface area (Å²) in [4.78, 5) is 21.3. The molecule has 2 aromatic heterocycles. The third-order valence-electron chi connectivity index (χ3n) is 6.92. The smallest absolute Gasteiger partial charge is 0.261 e. The molecule has 2 aliphatic rings. The Morgan fingerprint density at radius 3 is 2.57 bits per heavy atom. The van der Waals surface area contributed by atoms with E-state index in [1.54, 1.807) is 20.4 Å². The van der Waals surface area contributed by atoms with Crippen LogP contribution in [0.5, 0.6) is 11.5 Å². The number of benzene rings is 1. The summed E-state index contributed by atoms with van der Waals surface area (Å²) in [6.07, 6.45) is 1.72. The van der Waals surface area contributed by atoms with Gasteiger partial charge in [-0.15, -0.1) is 0 Å². The number of morpholine rings is 1. The minimum Gasteiger partial charge on any atom is -0.493 e. The Morgan fingerprint density at radius 2 is 1.83 bits per heavy atom. The van der Waals surface area contributed by atoms with E-state index in [9.17, 15) is 0 Å². The molecule has 2 fully saturated rings. The van der Waals surface area contributed by atoms with Gasteiger partial charge in [0.05, 0.1) is 59.0 Å². The van der Waals surface area contributed by atoms with Crippen LogP contribution in [-0.4, -0.2) is 105 Å². The number of fused-ring (bicyclic) bond motifs is 1. The fourth-order valence-corrected chi connectivity index (χ4v) is 4.90. The van der Waals surface area contributed by atoms with Crippen LogP contribution in [0.4, 0.5) is 11.8 Å². The predicted octanol–water partition coefficient (Wildman–Crippen LogP) is 0.929. The van der Waals surface area contributed by atoms with Crippen molar-refractivity contribution in [1.82, 2.24) is 34.6 Å². The fourth-order valence-electron chi connectivity index (χ4n) is 4.90. The SMILES string of the molecule is COc1ccc(-c2cnc3nc(N)nc([N+]4(CCN5CCOCC5)CCNCC4)c3n2)cc1OC. The van der Waals surface area contributed by atoms with Crippen molar-refractivity contribution in [3.63, 3.8) is 0 Å². The second kappa shape index (κ2) is 10.2. The van der Waals surface area contributed by atoms with Crippen molar-refractivity contribution in [3.8, 4) is 22.8 Å². The lowest BCUT2D eigenvalue weighted by Crippen LogP contribution is -2.62. The summed E-state index contributed by atoms with van der Waals surface area (Å²) in [6.45, 7) is 8.94. The average Bonchev–Trinajstić information content (AvgIpc) is 2.92. The topological polar surface area (TPSA) is 121 Å². The highest BCUT2D eigenvalue weighted by Crippen LogP contribution is 2.34. The standard InChI is InChI=1S/C24H33N8O3/c1-33-19-4-3-17(15-20(19)34-2)18-16-27-22-21(28-18)23(30-24(25)29-22)32(10-5-26-6-11-32)12-7-31-8-13-35-14-9-31/h3-4,15-16,26H,5-14H2,1-2H3,(H2,25,27,29,30)/q+1. The van der Waals surface area contributed by atoms with E-state index in [0.717, 1.165) is 82.6 Å². The van der Waals surface area contributed by atoms with E-state index in [2.05, 4.69) is 20.2 Å². The number of nitrogen functional groups attached to an aromatic ring is 1. The molecule has 0 atom stereocenters. The summed E-state index contributed by atoms with van der Waals surface area (Å²) in [5, 5.41) is 3.48. The van der Waals surface area contributed by atoms with E-state index in [-0.39, 0.29) is 5.95 Å². The molecule has 0 radical (unpaired) electrons. The maximum atomic E-state index is 6.18. The minimum absolute atomic E-state index is 0.225. The second-order valence-corrected chi connectivity index (χ2v) is 8.92. The van der Waals surface area contributed by atoms with Gasteiger partial charge in [-0.05, 0) is 18.2 Å². The lowest BCUT2D eigenvalue weighted by molar-refractivity contribution is 0.0330. The number of nitrogens with zero attached hydrogens (tertiary/aromatic N) is 6. The highest BCUT2D eigenvalue weighted by Gasteiger charge is 2.37. The Bertz CT molecular complexity index is 1180. The molecule has 4 heterocycles. The molecule has 0 unspecified atom stereocenters. The molecule has 1 aromatic carbocycles. The van der Waals surface area contributed by atoms with Crippen molar-refractivity contribution in [2.75, 3.05) is 85.5 Å². The lowest BCUT2D eigenvalue weighted by Gasteiger charge is -2.41. The van der Waals surface area contributed by atoms with Crippen LogP contribution in [0.3, 0.4) is 0 Å². The van der Waals surface area contributed by atoms with Gasteiger partial charge in [0.2, 0.25) is 5.95 Å². The monoisotopic (exact) mass is 481 g/mol. The molecule has 11 nitrogen and oxygen atoms in total. The number of ether oxygens (including phenoxy) is 3. The molecule has 11 heteroatoms. The maximum absolute atomic E-state index is 6.18. The molecule has 5 rings (SSSR count). The van der Waals surface area contributed by atoms with Crippen molar-refractivity contribution >= 4 is 22.9 Å². The zero-order chi connectivity index (χ0) is 24.3. The molecule has 2 aliphatic heterocycles. The van der Waals surface area contributed by atoms with Crippen LogP contribution in [0.15, 0.2) is 24.4 Å². The van der Waals surface area contributed by atoms with Gasteiger partial charge in [-0.3, -0.25) is 9.38 Å². The summed E-state index contributed by atoms with van der Waals surface area (Å²) in [6, 6.07) is 5.72. The van der Waals surface area contributed by atoms with Crippen molar-refractivity contribution in [1.29, 1.82) is 0 Å². The Labute approximate surface area is 204 Å². The first-order valence-electron chi connectivity index (χ1n) is 12.0. The van der Waals surface area contributed by atoms with E-state index in [0.29, 0.717) is 27.1 Å². The van der Waals surface area contributed by atoms with Gasteiger partial charge in [0.1, 0.15) is 0 Å². The van der Waals surface area contributed by atoms with Gasteiger partial charge in [-0.1, -0.05) is 0 Å². The van der Waals surface area contributed by atoms with Crippen LogP contribution < -0.4 is 25.0 Å². The van der Waals surface area contributed by atoms with Gasteiger partial charge in [-0.25, -0.2) is 9.97 Å². The van der Waals surface area contributed by atoms with Gasteiger partial charge in [-0.2, -0.15) is 9.97 Å². The lowest BCUT2D eigenvalue weighted by atomic mass is 10.1. The Morgan fingerprint density at radius 1 is 1.06 bits per heavy atom. The third-order valence-corrected chi connectivity index (χ3v) is 6.92. The second-order valence-electron chi connectivity index (χ2n) is 8.92. The van der Waals surface area contributed by atoms with Crippen LogP contribution in [0.1, 0.15) is 0 Å². The Kier molecular flexibility index (Phi) is 6.91. The van der Waals surface area contributed by atoms with E-state index >= 15 is 0 Å². The molecule has 0 bridgehead atoms. The third kappa shape index (κ3) is 4.85. The summed E-state index contributed by atoms with van der Waals surface area (Å²) in [5.74, 6) is 2.37. The van der Waals surface area contributed by atoms with E-state index < -0.39 is 0 Å². The van der Waals surface area contributed by atoms with Gasteiger partial charge < -0.3 is 25.3 Å². The van der Waals surface area contributed by atoms with Gasteiger partial charge in [0.25, 0.3) is 5.82 Å². The summed E-state index contributed by atoms with van der Waals surface area (Å²) < 4.78 is 17.1. The molecule has 2 saturated heterocycles. The predicted molar refractivity (Wildman–Crippen MR) is 135 cm³/mol. The number of quaternary nitrogens is 1. The highest BCUT2D eigenvalue weighted by atomic mass is 16.5. The van der Waals surface area contributed by atoms with Crippen LogP contribution in [-0.2, 0) is 4.74 Å². The summed E-state index contributed by atoms with van der Waals surface area (Å²) in [7, 11) is 3.24. The van der Waals surface area contributed by atoms with Crippen LogP contribution in [0, 0.1) is 0 Å². The van der Waals surface area contributed by atoms with Crippen molar-refractivity contribution < 1.29 is 14.2 Å². The van der Waals surface area contributed by atoms with Crippen molar-refractivity contribution in [2.24, 2.45) is 0 Å². The van der Waals surface area contributed by atoms with Crippen molar-refractivity contribution in [3.05, 3.63) is 24.4 Å². The minimum atomic E-state index is 0.225. The summed E-state index contributed by atoms with van der Waals surface area (Å²) in [5.41, 5.74) is 8.97. The van der Waals surface area contributed by atoms with E-state index in [1.165, 1.54) is 0 Å². The molecule has 0 spiro atoms. The zero-order valence-electron chi connectivity index (χ0n) is 20.4. The Balaban J connectivity index is 1.57.